The topological polar surface area (TPSA) is 26.0 Å². The zero-order valence-electron chi connectivity index (χ0n) is 14.9. The number of nitrogens with zero attached hydrogens (tertiary/aromatic N) is 4. The summed E-state index contributed by atoms with van der Waals surface area (Å²) in [5.41, 5.74) is 3.89. The molecule has 3 aromatic rings. The highest BCUT2D eigenvalue weighted by molar-refractivity contribution is 7.71. The van der Waals surface area contributed by atoms with Gasteiger partial charge in [-0.3, -0.25) is 4.90 Å². The molecular weight excluding hydrogens is 364 g/mol. The van der Waals surface area contributed by atoms with Crippen molar-refractivity contribution in [1.82, 2.24) is 19.2 Å². The summed E-state index contributed by atoms with van der Waals surface area (Å²) in [5.74, 6) is 0.854. The highest BCUT2D eigenvalue weighted by Crippen LogP contribution is 2.35. The quantitative estimate of drug-likeness (QED) is 0.601. The second-order valence-electron chi connectivity index (χ2n) is 6.82. The molecule has 1 atom stereocenters. The molecule has 0 spiro atoms. The van der Waals surface area contributed by atoms with Crippen LogP contribution in [0.4, 0.5) is 0 Å². The SMILES string of the molecule is CN(Cn1nc(-c2ccc(Cl)cc2)n(C)c1=S)C1CCc2ccccc21. The molecular formula is C20H21ClN4S. The molecule has 0 bridgehead atoms. The van der Waals surface area contributed by atoms with Gasteiger partial charge in [-0.25, -0.2) is 4.68 Å². The number of aromatic nitrogens is 3. The van der Waals surface area contributed by atoms with E-state index in [2.05, 4.69) is 36.2 Å². The number of rotatable bonds is 4. The Labute approximate surface area is 163 Å². The van der Waals surface area contributed by atoms with Gasteiger partial charge in [-0.1, -0.05) is 35.9 Å². The maximum Gasteiger partial charge on any atom is 0.199 e. The third-order valence-corrected chi connectivity index (χ3v) is 5.87. The number of hydrogen-bond acceptors (Lipinski definition) is 3. The van der Waals surface area contributed by atoms with Crippen LogP contribution < -0.4 is 0 Å². The van der Waals surface area contributed by atoms with Crippen LogP contribution >= 0.6 is 23.8 Å². The van der Waals surface area contributed by atoms with Crippen LogP contribution in [0, 0.1) is 4.77 Å². The van der Waals surface area contributed by atoms with Gasteiger partial charge < -0.3 is 4.57 Å². The minimum absolute atomic E-state index is 0.411. The Kier molecular flexibility index (Phi) is 4.69. The lowest BCUT2D eigenvalue weighted by Gasteiger charge is -2.24. The molecule has 0 saturated carbocycles. The second kappa shape index (κ2) is 6.99. The van der Waals surface area contributed by atoms with Gasteiger partial charge in [0.1, 0.15) is 0 Å². The van der Waals surface area contributed by atoms with Gasteiger partial charge >= 0.3 is 0 Å². The molecule has 2 aromatic carbocycles. The Morgan fingerprint density at radius 3 is 2.69 bits per heavy atom. The zero-order valence-corrected chi connectivity index (χ0v) is 16.5. The van der Waals surface area contributed by atoms with E-state index in [-0.39, 0.29) is 0 Å². The maximum absolute atomic E-state index is 6.00. The molecule has 0 saturated heterocycles. The highest BCUT2D eigenvalue weighted by atomic mass is 35.5. The first kappa shape index (κ1) is 17.5. The van der Waals surface area contributed by atoms with Crippen molar-refractivity contribution in [3.05, 3.63) is 69.5 Å². The van der Waals surface area contributed by atoms with Crippen LogP contribution in [0.25, 0.3) is 11.4 Å². The Hall–Kier alpha value is -1.95. The van der Waals surface area contributed by atoms with E-state index in [1.165, 1.54) is 11.1 Å². The first-order valence-corrected chi connectivity index (χ1v) is 9.51. The van der Waals surface area contributed by atoms with Gasteiger partial charge in [-0.2, -0.15) is 5.10 Å². The molecule has 0 radical (unpaired) electrons. The summed E-state index contributed by atoms with van der Waals surface area (Å²) < 4.78 is 4.57. The number of fused-ring (bicyclic) bond motifs is 1. The third kappa shape index (κ3) is 3.11. The van der Waals surface area contributed by atoms with Crippen molar-refractivity contribution in [2.24, 2.45) is 7.05 Å². The van der Waals surface area contributed by atoms with Crippen molar-refractivity contribution in [2.45, 2.75) is 25.6 Å². The smallest absolute Gasteiger partial charge is 0.199 e. The summed E-state index contributed by atoms with van der Waals surface area (Å²) in [5, 5.41) is 5.48. The summed E-state index contributed by atoms with van der Waals surface area (Å²) >= 11 is 11.6. The summed E-state index contributed by atoms with van der Waals surface area (Å²) in [7, 11) is 4.10. The molecule has 1 aromatic heterocycles. The van der Waals surface area contributed by atoms with E-state index < -0.39 is 0 Å². The fourth-order valence-corrected chi connectivity index (χ4v) is 4.04. The first-order chi connectivity index (χ1) is 12.5. The average molecular weight is 385 g/mol. The number of hydrogen-bond donors (Lipinski definition) is 0. The van der Waals surface area contributed by atoms with E-state index in [1.54, 1.807) is 0 Å². The molecule has 1 aliphatic rings. The van der Waals surface area contributed by atoms with E-state index in [0.717, 1.165) is 24.2 Å². The van der Waals surface area contributed by atoms with Crippen LogP contribution in [0.2, 0.25) is 5.02 Å². The minimum Gasteiger partial charge on any atom is -0.303 e. The predicted molar refractivity (Wildman–Crippen MR) is 108 cm³/mol. The molecule has 1 aliphatic carbocycles. The summed E-state index contributed by atoms with van der Waals surface area (Å²) in [6.45, 7) is 0.666. The molecule has 0 fully saturated rings. The van der Waals surface area contributed by atoms with Crippen molar-refractivity contribution in [3.63, 3.8) is 0 Å². The van der Waals surface area contributed by atoms with Crippen molar-refractivity contribution >= 4 is 23.8 Å². The van der Waals surface area contributed by atoms with Crippen molar-refractivity contribution in [1.29, 1.82) is 0 Å². The van der Waals surface area contributed by atoms with Crippen molar-refractivity contribution < 1.29 is 0 Å². The Morgan fingerprint density at radius 2 is 1.92 bits per heavy atom. The van der Waals surface area contributed by atoms with Crippen LogP contribution in [0.5, 0.6) is 0 Å². The van der Waals surface area contributed by atoms with E-state index in [1.807, 2.05) is 40.6 Å². The minimum atomic E-state index is 0.411. The summed E-state index contributed by atoms with van der Waals surface area (Å²) in [4.78, 5) is 2.33. The van der Waals surface area contributed by atoms with E-state index in [0.29, 0.717) is 22.5 Å². The number of benzene rings is 2. The molecule has 26 heavy (non-hydrogen) atoms. The normalized spacial score (nSPS) is 16.2. The summed E-state index contributed by atoms with van der Waals surface area (Å²) in [6, 6.07) is 16.8. The van der Waals surface area contributed by atoms with Crippen LogP contribution in [0.1, 0.15) is 23.6 Å². The molecule has 0 amide bonds. The van der Waals surface area contributed by atoms with Crippen LogP contribution in [-0.4, -0.2) is 26.3 Å². The predicted octanol–water partition coefficient (Wildman–Crippen LogP) is 4.85. The third-order valence-electron chi connectivity index (χ3n) is 5.13. The zero-order chi connectivity index (χ0) is 18.3. The van der Waals surface area contributed by atoms with Gasteiger partial charge in [0.25, 0.3) is 0 Å². The molecule has 4 nitrogen and oxygen atoms in total. The lowest BCUT2D eigenvalue weighted by Crippen LogP contribution is -2.26. The first-order valence-electron chi connectivity index (χ1n) is 8.72. The van der Waals surface area contributed by atoms with Gasteiger partial charge in [0.05, 0.1) is 6.67 Å². The maximum atomic E-state index is 6.00. The Morgan fingerprint density at radius 1 is 1.19 bits per heavy atom. The molecule has 6 heteroatoms. The summed E-state index contributed by atoms with van der Waals surface area (Å²) in [6.07, 6.45) is 2.27. The molecule has 0 aliphatic heterocycles. The van der Waals surface area contributed by atoms with Crippen LogP contribution in [0.15, 0.2) is 48.5 Å². The lowest BCUT2D eigenvalue weighted by atomic mass is 10.1. The number of aryl methyl sites for hydroxylation is 1. The highest BCUT2D eigenvalue weighted by Gasteiger charge is 2.26. The van der Waals surface area contributed by atoms with Crippen LogP contribution in [0.3, 0.4) is 0 Å². The van der Waals surface area contributed by atoms with E-state index >= 15 is 0 Å². The van der Waals surface area contributed by atoms with Gasteiger partial charge in [-0.05, 0) is 67.5 Å². The van der Waals surface area contributed by atoms with Gasteiger partial charge in [-0.15, -0.1) is 0 Å². The Balaban J connectivity index is 1.60. The largest absolute Gasteiger partial charge is 0.303 e. The van der Waals surface area contributed by atoms with E-state index in [4.69, 9.17) is 28.9 Å². The van der Waals surface area contributed by atoms with Gasteiger partial charge in [0.2, 0.25) is 0 Å². The molecule has 1 heterocycles. The molecule has 4 rings (SSSR count). The fraction of sp³-hybridized carbons (Fsp3) is 0.300. The Bertz CT molecular complexity index is 990. The molecule has 0 N–H and O–H groups in total. The standard InChI is InChI=1S/C20H21ClN4S/c1-23(18-12-9-14-5-3-4-6-17(14)18)13-25-20(26)24(2)19(22-25)15-7-10-16(21)11-8-15/h3-8,10-11,18H,9,12-13H2,1-2H3. The monoisotopic (exact) mass is 384 g/mol. The van der Waals surface area contributed by atoms with Gasteiger partial charge in [0.15, 0.2) is 10.6 Å². The molecule has 134 valence electrons. The van der Waals surface area contributed by atoms with E-state index in [9.17, 15) is 0 Å². The van der Waals surface area contributed by atoms with Gasteiger partial charge in [0, 0.05) is 23.7 Å². The average Bonchev–Trinajstić information content (AvgIpc) is 3.19. The van der Waals surface area contributed by atoms with Crippen molar-refractivity contribution in [3.8, 4) is 11.4 Å². The van der Waals surface area contributed by atoms with Crippen molar-refractivity contribution in [2.75, 3.05) is 7.05 Å². The second-order valence-corrected chi connectivity index (χ2v) is 7.62. The number of halogens is 1. The molecule has 1 unspecified atom stereocenters. The van der Waals surface area contributed by atoms with Crippen LogP contribution in [-0.2, 0) is 20.1 Å². The fourth-order valence-electron chi connectivity index (χ4n) is 3.73. The lowest BCUT2D eigenvalue weighted by molar-refractivity contribution is 0.182.